The standard InChI is InChI=1S/C16H18N6O2/c1-4-22-12-13(21(3)16(24)18-14(12)23)17-15(22)20-19-10(2)11-8-6-5-7-9-11/h5-9H,4H2,1-3H3,(H,17,20)(H,18,23,24). The second-order valence-electron chi connectivity index (χ2n) is 5.35. The molecule has 0 atom stereocenters. The lowest BCUT2D eigenvalue weighted by Crippen LogP contribution is -2.29. The fourth-order valence-electron chi connectivity index (χ4n) is 2.51. The van der Waals surface area contributed by atoms with Gasteiger partial charge in [0.2, 0.25) is 5.95 Å². The Bertz CT molecular complexity index is 1030. The Kier molecular flexibility index (Phi) is 4.03. The van der Waals surface area contributed by atoms with Crippen LogP contribution in [0.1, 0.15) is 19.4 Å². The van der Waals surface area contributed by atoms with E-state index in [9.17, 15) is 9.59 Å². The van der Waals surface area contributed by atoms with Gasteiger partial charge in [-0.15, -0.1) is 0 Å². The van der Waals surface area contributed by atoms with Crippen molar-refractivity contribution in [1.29, 1.82) is 0 Å². The number of H-pyrrole nitrogens is 1. The summed E-state index contributed by atoms with van der Waals surface area (Å²) in [5.41, 5.74) is 4.37. The molecule has 0 radical (unpaired) electrons. The van der Waals surface area contributed by atoms with Crippen molar-refractivity contribution in [3.8, 4) is 0 Å². The van der Waals surface area contributed by atoms with Crippen LogP contribution >= 0.6 is 0 Å². The van der Waals surface area contributed by atoms with E-state index in [-0.39, 0.29) is 0 Å². The van der Waals surface area contributed by atoms with Crippen LogP contribution < -0.4 is 16.7 Å². The first-order chi connectivity index (χ1) is 11.5. The van der Waals surface area contributed by atoms with Crippen molar-refractivity contribution in [1.82, 2.24) is 19.1 Å². The van der Waals surface area contributed by atoms with Crippen LogP contribution in [0.2, 0.25) is 0 Å². The van der Waals surface area contributed by atoms with E-state index in [1.807, 2.05) is 44.2 Å². The number of aromatic amines is 1. The Morgan fingerprint density at radius 1 is 1.29 bits per heavy atom. The first-order valence-electron chi connectivity index (χ1n) is 7.58. The molecule has 8 nitrogen and oxygen atoms in total. The Hall–Kier alpha value is -3.16. The van der Waals surface area contributed by atoms with Crippen LogP contribution in [0.15, 0.2) is 45.0 Å². The van der Waals surface area contributed by atoms with Crippen molar-refractivity contribution < 1.29 is 0 Å². The number of hydrogen-bond acceptors (Lipinski definition) is 5. The van der Waals surface area contributed by atoms with Gasteiger partial charge in [-0.25, -0.2) is 10.2 Å². The van der Waals surface area contributed by atoms with Gasteiger partial charge < -0.3 is 4.57 Å². The molecule has 0 saturated heterocycles. The highest BCUT2D eigenvalue weighted by Gasteiger charge is 2.16. The molecule has 3 aromatic rings. The van der Waals surface area contributed by atoms with Crippen LogP contribution in [0.3, 0.4) is 0 Å². The molecule has 0 unspecified atom stereocenters. The van der Waals surface area contributed by atoms with Crippen LogP contribution in [-0.2, 0) is 13.6 Å². The fourth-order valence-corrected chi connectivity index (χ4v) is 2.51. The van der Waals surface area contributed by atoms with Crippen molar-refractivity contribution in [3.05, 3.63) is 56.7 Å². The zero-order valence-corrected chi connectivity index (χ0v) is 13.7. The zero-order valence-electron chi connectivity index (χ0n) is 13.7. The summed E-state index contributed by atoms with van der Waals surface area (Å²) < 4.78 is 3.00. The Morgan fingerprint density at radius 2 is 2.00 bits per heavy atom. The van der Waals surface area contributed by atoms with Gasteiger partial charge in [-0.2, -0.15) is 10.1 Å². The minimum absolute atomic E-state index is 0.320. The number of nitrogens with one attached hydrogen (secondary N) is 2. The quantitative estimate of drug-likeness (QED) is 0.557. The van der Waals surface area contributed by atoms with Gasteiger partial charge in [-0.1, -0.05) is 30.3 Å². The van der Waals surface area contributed by atoms with Crippen molar-refractivity contribution >= 4 is 22.8 Å². The highest BCUT2D eigenvalue weighted by Crippen LogP contribution is 2.15. The van der Waals surface area contributed by atoms with E-state index in [1.54, 1.807) is 11.6 Å². The Balaban J connectivity index is 2.07. The van der Waals surface area contributed by atoms with E-state index >= 15 is 0 Å². The largest absolute Gasteiger partial charge is 0.329 e. The normalized spacial score (nSPS) is 11.9. The van der Waals surface area contributed by atoms with Crippen molar-refractivity contribution in [2.24, 2.45) is 12.1 Å². The highest BCUT2D eigenvalue weighted by molar-refractivity contribution is 5.99. The van der Waals surface area contributed by atoms with E-state index in [0.29, 0.717) is 23.7 Å². The number of hydrogen-bond donors (Lipinski definition) is 2. The van der Waals surface area contributed by atoms with E-state index in [1.165, 1.54) is 4.57 Å². The molecule has 2 aromatic heterocycles. The summed E-state index contributed by atoms with van der Waals surface area (Å²) in [6.45, 7) is 4.29. The van der Waals surface area contributed by atoms with Crippen molar-refractivity contribution in [2.75, 3.05) is 5.43 Å². The number of imidazole rings is 1. The predicted molar refractivity (Wildman–Crippen MR) is 93.5 cm³/mol. The molecule has 1 aromatic carbocycles. The fraction of sp³-hybridized carbons (Fsp3) is 0.250. The number of hydrazone groups is 1. The molecule has 0 aliphatic rings. The average molecular weight is 326 g/mol. The molecule has 0 bridgehead atoms. The first-order valence-corrected chi connectivity index (χ1v) is 7.58. The number of benzene rings is 1. The van der Waals surface area contributed by atoms with Crippen LogP contribution in [-0.4, -0.2) is 24.8 Å². The average Bonchev–Trinajstić information content (AvgIpc) is 2.97. The summed E-state index contributed by atoms with van der Waals surface area (Å²) in [7, 11) is 1.57. The van der Waals surface area contributed by atoms with Crippen molar-refractivity contribution in [3.63, 3.8) is 0 Å². The number of rotatable bonds is 4. The molecule has 3 rings (SSSR count). The molecule has 0 spiro atoms. The third kappa shape index (κ3) is 2.62. The van der Waals surface area contributed by atoms with Gasteiger partial charge >= 0.3 is 5.69 Å². The summed E-state index contributed by atoms with van der Waals surface area (Å²) >= 11 is 0. The topological polar surface area (TPSA) is 97.1 Å². The van der Waals surface area contributed by atoms with Crippen LogP contribution in [0.4, 0.5) is 5.95 Å². The maximum atomic E-state index is 12.1. The molecule has 0 amide bonds. The van der Waals surface area contributed by atoms with Gasteiger partial charge in [0.1, 0.15) is 0 Å². The number of fused-ring (bicyclic) bond motifs is 1. The maximum absolute atomic E-state index is 12.1. The SMILES string of the molecule is CCn1c(NN=C(C)c2ccccc2)nc2c1c(=O)[nH]c(=O)n2C. The monoisotopic (exact) mass is 326 g/mol. The van der Waals surface area contributed by atoms with E-state index in [2.05, 4.69) is 20.5 Å². The lowest BCUT2D eigenvalue weighted by Gasteiger charge is -2.05. The summed E-state index contributed by atoms with van der Waals surface area (Å²) in [5, 5.41) is 4.33. The van der Waals surface area contributed by atoms with Gasteiger partial charge in [0.15, 0.2) is 11.2 Å². The molecule has 24 heavy (non-hydrogen) atoms. The molecular formula is C16H18N6O2. The summed E-state index contributed by atoms with van der Waals surface area (Å²) in [5.74, 6) is 0.412. The zero-order chi connectivity index (χ0) is 17.3. The first kappa shape index (κ1) is 15.7. The van der Waals surface area contributed by atoms with E-state index in [0.717, 1.165) is 11.3 Å². The van der Waals surface area contributed by atoms with Gasteiger partial charge in [0, 0.05) is 13.6 Å². The smallest absolute Gasteiger partial charge is 0.303 e. The molecule has 2 heterocycles. The molecule has 8 heteroatoms. The molecule has 2 N–H and O–H groups in total. The van der Waals surface area contributed by atoms with Gasteiger partial charge in [-0.05, 0) is 19.4 Å². The van der Waals surface area contributed by atoms with Gasteiger partial charge in [-0.3, -0.25) is 14.3 Å². The second-order valence-corrected chi connectivity index (χ2v) is 5.35. The molecule has 0 fully saturated rings. The summed E-state index contributed by atoms with van der Waals surface area (Å²) in [4.78, 5) is 30.5. The maximum Gasteiger partial charge on any atom is 0.329 e. The van der Waals surface area contributed by atoms with Gasteiger partial charge in [0.25, 0.3) is 5.56 Å². The predicted octanol–water partition coefficient (Wildman–Crippen LogP) is 1.28. The number of nitrogens with zero attached hydrogens (tertiary/aromatic N) is 4. The molecule has 0 aliphatic heterocycles. The Labute approximate surface area is 137 Å². The van der Waals surface area contributed by atoms with E-state index in [4.69, 9.17) is 0 Å². The van der Waals surface area contributed by atoms with E-state index < -0.39 is 11.2 Å². The van der Waals surface area contributed by atoms with Crippen LogP contribution in [0.25, 0.3) is 11.2 Å². The summed E-state index contributed by atoms with van der Waals surface area (Å²) in [6, 6.07) is 9.72. The molecular weight excluding hydrogens is 308 g/mol. The second kappa shape index (κ2) is 6.15. The van der Waals surface area contributed by atoms with Crippen LogP contribution in [0, 0.1) is 0 Å². The van der Waals surface area contributed by atoms with Crippen molar-refractivity contribution in [2.45, 2.75) is 20.4 Å². The van der Waals surface area contributed by atoms with Gasteiger partial charge in [0.05, 0.1) is 5.71 Å². The lowest BCUT2D eigenvalue weighted by molar-refractivity contribution is 0.781. The lowest BCUT2D eigenvalue weighted by atomic mass is 10.1. The minimum Gasteiger partial charge on any atom is -0.303 e. The number of aryl methyl sites for hydroxylation is 2. The molecule has 124 valence electrons. The molecule has 0 saturated carbocycles. The third-order valence-corrected chi connectivity index (χ3v) is 3.84. The highest BCUT2D eigenvalue weighted by atomic mass is 16.2. The van der Waals surface area contributed by atoms with Crippen LogP contribution in [0.5, 0.6) is 0 Å². The Morgan fingerprint density at radius 3 is 2.67 bits per heavy atom. The third-order valence-electron chi connectivity index (χ3n) is 3.84. The number of aromatic nitrogens is 4. The summed E-state index contributed by atoms with van der Waals surface area (Å²) in [6.07, 6.45) is 0. The number of anilines is 1. The minimum atomic E-state index is -0.497. The molecule has 0 aliphatic carbocycles.